The molecule has 0 aliphatic carbocycles. The molecule has 4 nitrogen and oxygen atoms in total. The number of rotatable bonds is 3. The van der Waals surface area contributed by atoms with Crippen LogP contribution in [-0.2, 0) is 9.47 Å². The van der Waals surface area contributed by atoms with Crippen LogP contribution < -0.4 is 5.73 Å². The molecule has 19 heavy (non-hydrogen) atoms. The molecule has 0 aromatic heterocycles. The summed E-state index contributed by atoms with van der Waals surface area (Å²) in [7, 11) is 0. The lowest BCUT2D eigenvalue weighted by Gasteiger charge is -2.43. The average Bonchev–Trinajstić information content (AvgIpc) is 2.79. The van der Waals surface area contributed by atoms with Gasteiger partial charge in [0, 0.05) is 32.0 Å². The van der Waals surface area contributed by atoms with E-state index in [9.17, 15) is 13.2 Å². The largest absolute Gasteiger partial charge is 0.405 e. The molecule has 2 heterocycles. The standard InChI is InChI=1S/C12H21F3N2O2/c1-2-9(16)10(12(13,14)15)17-5-3-11(4-6-17)18-7-8-19-11/h9-10H,2-8,16H2,1H3. The zero-order chi connectivity index (χ0) is 14.1. The maximum atomic E-state index is 13.1. The zero-order valence-corrected chi connectivity index (χ0v) is 11.1. The number of hydrogen-bond donors (Lipinski definition) is 1. The van der Waals surface area contributed by atoms with Gasteiger partial charge in [0.15, 0.2) is 5.79 Å². The Bertz CT molecular complexity index is 296. The van der Waals surface area contributed by atoms with Crippen LogP contribution in [-0.4, -0.2) is 55.3 Å². The number of likely N-dealkylation sites (tertiary alicyclic amines) is 1. The minimum atomic E-state index is -4.29. The van der Waals surface area contributed by atoms with Gasteiger partial charge in [-0.05, 0) is 6.42 Å². The quantitative estimate of drug-likeness (QED) is 0.852. The summed E-state index contributed by atoms with van der Waals surface area (Å²) in [5.41, 5.74) is 5.65. The highest BCUT2D eigenvalue weighted by Crippen LogP contribution is 2.35. The minimum Gasteiger partial charge on any atom is -0.347 e. The Morgan fingerprint density at radius 2 is 1.74 bits per heavy atom. The van der Waals surface area contributed by atoms with Crippen molar-refractivity contribution < 1.29 is 22.6 Å². The number of ether oxygens (including phenoxy) is 2. The third-order valence-corrected chi connectivity index (χ3v) is 3.98. The molecule has 0 aromatic carbocycles. The lowest BCUT2D eigenvalue weighted by molar-refractivity contribution is -0.222. The smallest absolute Gasteiger partial charge is 0.347 e. The van der Waals surface area contributed by atoms with E-state index in [4.69, 9.17) is 15.2 Å². The Kier molecular flexibility index (Phi) is 4.39. The molecular formula is C12H21F3N2O2. The van der Waals surface area contributed by atoms with Crippen molar-refractivity contribution in [3.05, 3.63) is 0 Å². The van der Waals surface area contributed by atoms with E-state index in [2.05, 4.69) is 0 Å². The molecule has 7 heteroatoms. The van der Waals surface area contributed by atoms with Gasteiger partial charge in [0.05, 0.1) is 13.2 Å². The summed E-state index contributed by atoms with van der Waals surface area (Å²) in [5, 5.41) is 0. The first-order chi connectivity index (χ1) is 8.88. The van der Waals surface area contributed by atoms with Gasteiger partial charge in [-0.15, -0.1) is 0 Å². The minimum absolute atomic E-state index is 0.303. The van der Waals surface area contributed by atoms with Gasteiger partial charge in [-0.3, -0.25) is 4.90 Å². The van der Waals surface area contributed by atoms with Crippen LogP contribution in [0.2, 0.25) is 0 Å². The monoisotopic (exact) mass is 282 g/mol. The predicted octanol–water partition coefficient (Wildman–Crippen LogP) is 1.49. The second kappa shape index (κ2) is 5.55. The average molecular weight is 282 g/mol. The fourth-order valence-corrected chi connectivity index (χ4v) is 2.87. The van der Waals surface area contributed by atoms with Crippen LogP contribution in [0.3, 0.4) is 0 Å². The van der Waals surface area contributed by atoms with Gasteiger partial charge < -0.3 is 15.2 Å². The Balaban J connectivity index is 2.01. The summed E-state index contributed by atoms with van der Waals surface area (Å²) in [6.45, 7) is 3.34. The van der Waals surface area contributed by atoms with Crippen LogP contribution in [0.4, 0.5) is 13.2 Å². The van der Waals surface area contributed by atoms with E-state index in [1.54, 1.807) is 6.92 Å². The fourth-order valence-electron chi connectivity index (χ4n) is 2.87. The summed E-state index contributed by atoms with van der Waals surface area (Å²) in [6, 6.07) is -2.46. The van der Waals surface area contributed by atoms with Crippen molar-refractivity contribution in [3.8, 4) is 0 Å². The first-order valence-corrected chi connectivity index (χ1v) is 6.72. The van der Waals surface area contributed by atoms with Gasteiger partial charge in [-0.2, -0.15) is 13.2 Å². The molecular weight excluding hydrogens is 261 g/mol. The first kappa shape index (κ1) is 15.0. The van der Waals surface area contributed by atoms with E-state index in [1.807, 2.05) is 0 Å². The van der Waals surface area contributed by atoms with E-state index < -0.39 is 24.0 Å². The van der Waals surface area contributed by atoms with Crippen molar-refractivity contribution in [1.29, 1.82) is 0 Å². The van der Waals surface area contributed by atoms with Gasteiger partial charge in [0.25, 0.3) is 0 Å². The van der Waals surface area contributed by atoms with Gasteiger partial charge >= 0.3 is 6.18 Å². The van der Waals surface area contributed by atoms with E-state index in [-0.39, 0.29) is 0 Å². The Labute approximate surface area is 111 Å². The molecule has 2 saturated heterocycles. The maximum Gasteiger partial charge on any atom is 0.405 e. The number of halogens is 3. The van der Waals surface area contributed by atoms with Gasteiger partial charge in [-0.1, -0.05) is 6.92 Å². The van der Waals surface area contributed by atoms with Crippen LogP contribution in [0.1, 0.15) is 26.2 Å². The first-order valence-electron chi connectivity index (χ1n) is 6.72. The predicted molar refractivity (Wildman–Crippen MR) is 63.6 cm³/mol. The molecule has 2 unspecified atom stereocenters. The fraction of sp³-hybridized carbons (Fsp3) is 1.00. The maximum absolute atomic E-state index is 13.1. The Morgan fingerprint density at radius 3 is 2.16 bits per heavy atom. The molecule has 0 amide bonds. The molecule has 112 valence electrons. The molecule has 2 aliphatic rings. The summed E-state index contributed by atoms with van der Waals surface area (Å²) < 4.78 is 50.4. The van der Waals surface area contributed by atoms with E-state index in [0.29, 0.717) is 45.6 Å². The summed E-state index contributed by atoms with van der Waals surface area (Å²) in [4.78, 5) is 1.42. The number of nitrogens with two attached hydrogens (primary N) is 1. The second-order valence-corrected chi connectivity index (χ2v) is 5.20. The molecule has 0 bridgehead atoms. The van der Waals surface area contributed by atoms with Crippen LogP contribution in [0.25, 0.3) is 0 Å². The number of hydrogen-bond acceptors (Lipinski definition) is 4. The third kappa shape index (κ3) is 3.21. The molecule has 1 spiro atoms. The molecule has 0 aromatic rings. The molecule has 2 fully saturated rings. The summed E-state index contributed by atoms with van der Waals surface area (Å²) in [6.07, 6.45) is -3.05. The lowest BCUT2D eigenvalue weighted by atomic mass is 9.97. The number of alkyl halides is 3. The van der Waals surface area contributed by atoms with Gasteiger partial charge in [0.2, 0.25) is 0 Å². The van der Waals surface area contributed by atoms with Crippen LogP contribution in [0.5, 0.6) is 0 Å². The van der Waals surface area contributed by atoms with E-state index in [0.717, 1.165) is 0 Å². The van der Waals surface area contributed by atoms with Gasteiger partial charge in [-0.25, -0.2) is 0 Å². The van der Waals surface area contributed by atoms with E-state index >= 15 is 0 Å². The molecule has 2 atom stereocenters. The third-order valence-electron chi connectivity index (χ3n) is 3.98. The molecule has 2 aliphatic heterocycles. The van der Waals surface area contributed by atoms with E-state index in [1.165, 1.54) is 4.90 Å². The van der Waals surface area contributed by atoms with Crippen molar-refractivity contribution in [1.82, 2.24) is 4.90 Å². The molecule has 0 saturated carbocycles. The topological polar surface area (TPSA) is 47.7 Å². The van der Waals surface area contributed by atoms with Crippen molar-refractivity contribution in [2.24, 2.45) is 5.73 Å². The van der Waals surface area contributed by atoms with Crippen LogP contribution >= 0.6 is 0 Å². The van der Waals surface area contributed by atoms with Crippen molar-refractivity contribution in [2.45, 2.75) is 50.2 Å². The zero-order valence-electron chi connectivity index (χ0n) is 11.1. The number of nitrogens with zero attached hydrogens (tertiary/aromatic N) is 1. The Morgan fingerprint density at radius 1 is 1.21 bits per heavy atom. The summed E-state index contributed by atoms with van der Waals surface area (Å²) >= 11 is 0. The molecule has 2 N–H and O–H groups in total. The van der Waals surface area contributed by atoms with Crippen molar-refractivity contribution in [3.63, 3.8) is 0 Å². The van der Waals surface area contributed by atoms with Crippen molar-refractivity contribution >= 4 is 0 Å². The SMILES string of the molecule is CCC(N)C(N1CCC2(CC1)OCCO2)C(F)(F)F. The summed E-state index contributed by atoms with van der Waals surface area (Å²) in [5.74, 6) is -0.650. The van der Waals surface area contributed by atoms with Gasteiger partial charge in [0.1, 0.15) is 6.04 Å². The molecule has 2 rings (SSSR count). The number of piperidine rings is 1. The van der Waals surface area contributed by atoms with Crippen LogP contribution in [0.15, 0.2) is 0 Å². The molecule has 0 radical (unpaired) electrons. The van der Waals surface area contributed by atoms with Crippen molar-refractivity contribution in [2.75, 3.05) is 26.3 Å². The highest BCUT2D eigenvalue weighted by atomic mass is 19.4. The second-order valence-electron chi connectivity index (χ2n) is 5.20. The lowest BCUT2D eigenvalue weighted by Crippen LogP contribution is -2.59. The van der Waals surface area contributed by atoms with Crippen LogP contribution in [0, 0.1) is 0 Å². The highest BCUT2D eigenvalue weighted by molar-refractivity contribution is 4.92. The Hall–Kier alpha value is -0.370. The normalized spacial score (nSPS) is 27.6. The highest BCUT2D eigenvalue weighted by Gasteiger charge is 2.50.